The molecule has 17 heavy (non-hydrogen) atoms. The molecule has 2 rings (SSSR count). The lowest BCUT2D eigenvalue weighted by Gasteiger charge is -2.30. The van der Waals surface area contributed by atoms with E-state index in [-0.39, 0.29) is 18.0 Å². The predicted molar refractivity (Wildman–Crippen MR) is 59.4 cm³/mol. The van der Waals surface area contributed by atoms with E-state index in [1.54, 1.807) is 18.2 Å². The first-order valence-corrected chi connectivity index (χ1v) is 6.79. The number of sulfonamides is 1. The highest BCUT2D eigenvalue weighted by molar-refractivity contribution is 7.89. The van der Waals surface area contributed by atoms with E-state index in [9.17, 15) is 17.2 Å². The molecule has 0 amide bonds. The largest absolute Gasteiger partial charge is 0.250 e. The second kappa shape index (κ2) is 4.34. The van der Waals surface area contributed by atoms with Crippen molar-refractivity contribution < 1.29 is 17.2 Å². The fourth-order valence-electron chi connectivity index (χ4n) is 1.80. The number of rotatable bonds is 2. The van der Waals surface area contributed by atoms with Gasteiger partial charge in [-0.25, -0.2) is 17.2 Å². The van der Waals surface area contributed by atoms with Gasteiger partial charge in [0.25, 0.3) is 5.92 Å². The zero-order valence-electron chi connectivity index (χ0n) is 9.14. The number of nitrogens with zero attached hydrogens (tertiary/aromatic N) is 1. The van der Waals surface area contributed by atoms with Gasteiger partial charge in [0.2, 0.25) is 10.0 Å². The molecular weight excluding hydrogens is 248 g/mol. The van der Waals surface area contributed by atoms with Gasteiger partial charge in [-0.2, -0.15) is 4.31 Å². The Morgan fingerprint density at radius 3 is 2.12 bits per heavy atom. The van der Waals surface area contributed by atoms with E-state index in [1.165, 1.54) is 12.1 Å². The van der Waals surface area contributed by atoms with E-state index in [4.69, 9.17) is 0 Å². The van der Waals surface area contributed by atoms with Gasteiger partial charge < -0.3 is 0 Å². The van der Waals surface area contributed by atoms with Crippen LogP contribution in [0.15, 0.2) is 35.2 Å². The Bertz CT molecular complexity index is 477. The van der Waals surface area contributed by atoms with Crippen molar-refractivity contribution in [2.75, 3.05) is 13.1 Å². The third-order valence-corrected chi connectivity index (χ3v) is 4.75. The van der Waals surface area contributed by atoms with E-state index in [0.29, 0.717) is 0 Å². The van der Waals surface area contributed by atoms with Gasteiger partial charge in [0.05, 0.1) is 4.90 Å². The molecule has 0 bridgehead atoms. The van der Waals surface area contributed by atoms with Crippen LogP contribution in [-0.4, -0.2) is 31.7 Å². The molecule has 0 spiro atoms. The van der Waals surface area contributed by atoms with Crippen molar-refractivity contribution in [3.63, 3.8) is 0 Å². The van der Waals surface area contributed by atoms with Crippen LogP contribution in [0.4, 0.5) is 8.78 Å². The zero-order valence-corrected chi connectivity index (χ0v) is 9.96. The van der Waals surface area contributed by atoms with Crippen LogP contribution in [0.3, 0.4) is 0 Å². The second-order valence-corrected chi connectivity index (χ2v) is 6.01. The number of piperidine rings is 1. The molecule has 0 N–H and O–H groups in total. The van der Waals surface area contributed by atoms with Gasteiger partial charge in [0.1, 0.15) is 0 Å². The van der Waals surface area contributed by atoms with Crippen molar-refractivity contribution in [2.45, 2.75) is 23.7 Å². The Kier molecular flexibility index (Phi) is 3.18. The predicted octanol–water partition coefficient (Wildman–Crippen LogP) is 2.11. The molecule has 0 aliphatic carbocycles. The molecule has 1 saturated heterocycles. The fraction of sp³-hybridized carbons (Fsp3) is 0.455. The fourth-order valence-corrected chi connectivity index (χ4v) is 3.26. The van der Waals surface area contributed by atoms with Crippen LogP contribution < -0.4 is 0 Å². The Morgan fingerprint density at radius 2 is 1.59 bits per heavy atom. The average Bonchev–Trinajstić information content (AvgIpc) is 2.29. The Hall–Kier alpha value is -1.01. The molecule has 0 unspecified atom stereocenters. The van der Waals surface area contributed by atoms with Gasteiger partial charge in [-0.15, -0.1) is 0 Å². The average molecular weight is 261 g/mol. The molecule has 1 fully saturated rings. The van der Waals surface area contributed by atoms with Gasteiger partial charge in [-0.3, -0.25) is 0 Å². The maximum absolute atomic E-state index is 12.9. The number of benzene rings is 1. The first kappa shape index (κ1) is 12.4. The van der Waals surface area contributed by atoms with Crippen molar-refractivity contribution in [2.24, 2.45) is 0 Å². The molecule has 3 nitrogen and oxygen atoms in total. The molecule has 0 saturated carbocycles. The lowest BCUT2D eigenvalue weighted by atomic mass is 10.1. The maximum Gasteiger partial charge on any atom is 0.250 e. The van der Waals surface area contributed by atoms with Crippen molar-refractivity contribution in [1.29, 1.82) is 0 Å². The molecule has 0 atom stereocenters. The standard InChI is InChI=1S/C11H13F2NO2S/c12-11(13)6-8-14(9-7-11)17(15,16)10-4-2-1-3-5-10/h1-5H,6-9H2. The minimum Gasteiger partial charge on any atom is -0.207 e. The molecule has 1 aliphatic heterocycles. The summed E-state index contributed by atoms with van der Waals surface area (Å²) in [6.07, 6.45) is -0.807. The maximum atomic E-state index is 12.9. The van der Waals surface area contributed by atoms with E-state index < -0.39 is 28.8 Å². The second-order valence-electron chi connectivity index (χ2n) is 4.07. The van der Waals surface area contributed by atoms with Crippen LogP contribution >= 0.6 is 0 Å². The molecule has 1 aromatic rings. The third kappa shape index (κ3) is 2.63. The molecule has 1 aliphatic rings. The molecule has 1 aromatic carbocycles. The molecule has 6 heteroatoms. The van der Waals surface area contributed by atoms with Gasteiger partial charge in [-0.1, -0.05) is 18.2 Å². The molecule has 0 aromatic heterocycles. The summed E-state index contributed by atoms with van der Waals surface area (Å²) in [5.41, 5.74) is 0. The quantitative estimate of drug-likeness (QED) is 0.817. The van der Waals surface area contributed by atoms with Gasteiger partial charge in [0, 0.05) is 25.9 Å². The van der Waals surface area contributed by atoms with Gasteiger partial charge in [-0.05, 0) is 12.1 Å². The molecular formula is C11H13F2NO2S. The van der Waals surface area contributed by atoms with E-state index in [1.807, 2.05) is 0 Å². The summed E-state index contributed by atoms with van der Waals surface area (Å²) in [7, 11) is -3.61. The Morgan fingerprint density at radius 1 is 1.06 bits per heavy atom. The first-order chi connectivity index (χ1) is 7.92. The Labute approximate surface area is 99.1 Å². The first-order valence-electron chi connectivity index (χ1n) is 5.35. The van der Waals surface area contributed by atoms with E-state index in [0.717, 1.165) is 4.31 Å². The van der Waals surface area contributed by atoms with E-state index in [2.05, 4.69) is 0 Å². The summed E-state index contributed by atoms with van der Waals surface area (Å²) in [6.45, 7) is -0.242. The van der Waals surface area contributed by atoms with Crippen LogP contribution in [0.5, 0.6) is 0 Å². The minimum atomic E-state index is -3.61. The van der Waals surface area contributed by atoms with Gasteiger partial charge >= 0.3 is 0 Å². The minimum absolute atomic E-state index is 0.121. The Balaban J connectivity index is 2.19. The highest BCUT2D eigenvalue weighted by Crippen LogP contribution is 2.30. The van der Waals surface area contributed by atoms with Gasteiger partial charge in [0.15, 0.2) is 0 Å². The summed E-state index contributed by atoms with van der Waals surface area (Å²) in [5.74, 6) is -2.73. The molecule has 0 radical (unpaired) electrons. The number of halogens is 2. The van der Waals surface area contributed by atoms with Crippen molar-refractivity contribution >= 4 is 10.0 Å². The topological polar surface area (TPSA) is 37.4 Å². The monoisotopic (exact) mass is 261 g/mol. The summed E-state index contributed by atoms with van der Waals surface area (Å²) in [6, 6.07) is 7.89. The summed E-state index contributed by atoms with van der Waals surface area (Å²) < 4.78 is 51.2. The van der Waals surface area contributed by atoms with Crippen LogP contribution in [0.25, 0.3) is 0 Å². The lowest BCUT2D eigenvalue weighted by Crippen LogP contribution is -2.42. The number of hydrogen-bond donors (Lipinski definition) is 0. The lowest BCUT2D eigenvalue weighted by molar-refractivity contribution is -0.0412. The zero-order chi connectivity index (χ0) is 12.5. The smallest absolute Gasteiger partial charge is 0.207 e. The van der Waals surface area contributed by atoms with E-state index >= 15 is 0 Å². The number of alkyl halides is 2. The SMILES string of the molecule is O=S(=O)(c1ccccc1)N1CCC(F)(F)CC1. The highest BCUT2D eigenvalue weighted by atomic mass is 32.2. The third-order valence-electron chi connectivity index (χ3n) is 2.83. The summed E-state index contributed by atoms with van der Waals surface area (Å²) >= 11 is 0. The summed E-state index contributed by atoms with van der Waals surface area (Å²) in [4.78, 5) is 0.158. The number of hydrogen-bond acceptors (Lipinski definition) is 2. The van der Waals surface area contributed by atoms with Crippen molar-refractivity contribution in [3.05, 3.63) is 30.3 Å². The van der Waals surface area contributed by atoms with Crippen molar-refractivity contribution in [3.8, 4) is 0 Å². The van der Waals surface area contributed by atoms with Crippen LogP contribution in [-0.2, 0) is 10.0 Å². The van der Waals surface area contributed by atoms with Crippen molar-refractivity contribution in [1.82, 2.24) is 4.31 Å². The van der Waals surface area contributed by atoms with Crippen LogP contribution in [0, 0.1) is 0 Å². The molecule has 94 valence electrons. The normalized spacial score (nSPS) is 21.3. The summed E-state index contributed by atoms with van der Waals surface area (Å²) in [5, 5.41) is 0. The highest BCUT2D eigenvalue weighted by Gasteiger charge is 2.38. The van der Waals surface area contributed by atoms with Crippen LogP contribution in [0.1, 0.15) is 12.8 Å². The molecule has 1 heterocycles. The van der Waals surface area contributed by atoms with Crippen LogP contribution in [0.2, 0.25) is 0 Å².